The van der Waals surface area contributed by atoms with Crippen LogP contribution in [0, 0.1) is 6.92 Å². The van der Waals surface area contributed by atoms with Gasteiger partial charge in [-0.3, -0.25) is 9.88 Å². The molecule has 0 spiro atoms. The first-order chi connectivity index (χ1) is 13.3. The molecule has 2 bridgehead atoms. The predicted molar refractivity (Wildman–Crippen MR) is 103 cm³/mol. The highest BCUT2D eigenvalue weighted by Crippen LogP contribution is 2.46. The first-order valence-electron chi connectivity index (χ1n) is 10.2. The smallest absolute Gasteiger partial charge is 0.134 e. The van der Waals surface area contributed by atoms with E-state index in [1.807, 2.05) is 25.4 Å². The molecule has 3 atom stereocenters. The molecule has 1 N–H and O–H groups in total. The summed E-state index contributed by atoms with van der Waals surface area (Å²) in [5.74, 6) is 1.89. The minimum absolute atomic E-state index is 0.308. The van der Waals surface area contributed by atoms with Gasteiger partial charge in [0.15, 0.2) is 0 Å². The third-order valence-electron chi connectivity index (χ3n) is 6.15. The Morgan fingerprint density at radius 2 is 2.22 bits per heavy atom. The van der Waals surface area contributed by atoms with E-state index >= 15 is 0 Å². The average Bonchev–Trinajstić information content (AvgIpc) is 3.28. The number of nitrogens with one attached hydrogen (secondary N) is 1. The van der Waals surface area contributed by atoms with E-state index in [1.165, 1.54) is 29.7 Å². The molecular weight excluding hydrogens is 338 g/mol. The van der Waals surface area contributed by atoms with Crippen LogP contribution < -0.4 is 5.32 Å². The summed E-state index contributed by atoms with van der Waals surface area (Å²) in [5, 5.41) is 3.61. The minimum atomic E-state index is 0.308. The number of anilines is 1. The maximum atomic E-state index is 5.79. The van der Waals surface area contributed by atoms with Crippen LogP contribution in [0.4, 0.5) is 5.82 Å². The number of fused-ring (bicyclic) bond motifs is 4. The van der Waals surface area contributed by atoms with E-state index in [0.29, 0.717) is 18.2 Å². The van der Waals surface area contributed by atoms with Gasteiger partial charge in [0.25, 0.3) is 0 Å². The van der Waals surface area contributed by atoms with Gasteiger partial charge in [-0.15, -0.1) is 0 Å². The highest BCUT2D eigenvalue weighted by Gasteiger charge is 2.42. The molecule has 0 unspecified atom stereocenters. The zero-order chi connectivity index (χ0) is 18.2. The standard InChI is InChI=1S/C21H27N5O/c1-14-24-18-10-16-6-7-19(26(16)13-15-4-2-8-22-11-15)20(18)21(25-14)23-12-17-5-3-9-27-17/h2,4,8,11,16-17,19H,3,5-7,9-10,12-13H2,1H3,(H,23,24,25)/t16-,17+,19-/m0/s1. The maximum Gasteiger partial charge on any atom is 0.134 e. The van der Waals surface area contributed by atoms with E-state index in [-0.39, 0.29) is 0 Å². The Balaban J connectivity index is 1.42. The number of aromatic nitrogens is 3. The largest absolute Gasteiger partial charge is 0.376 e. The van der Waals surface area contributed by atoms with Crippen LogP contribution in [-0.2, 0) is 17.7 Å². The lowest BCUT2D eigenvalue weighted by Gasteiger charge is -2.36. The molecule has 3 aliphatic heterocycles. The Labute approximate surface area is 160 Å². The molecule has 6 heteroatoms. The number of hydrogen-bond acceptors (Lipinski definition) is 6. The number of hydrogen-bond donors (Lipinski definition) is 1. The third-order valence-corrected chi connectivity index (χ3v) is 6.15. The molecule has 2 aromatic heterocycles. The van der Waals surface area contributed by atoms with Gasteiger partial charge in [0.1, 0.15) is 11.6 Å². The molecule has 0 aromatic carbocycles. The van der Waals surface area contributed by atoms with Crippen LogP contribution in [0.1, 0.15) is 54.4 Å². The highest BCUT2D eigenvalue weighted by molar-refractivity contribution is 5.51. The molecule has 5 rings (SSSR count). The van der Waals surface area contributed by atoms with Crippen molar-refractivity contribution < 1.29 is 4.74 Å². The normalized spacial score (nSPS) is 26.9. The van der Waals surface area contributed by atoms with Crippen LogP contribution in [0.25, 0.3) is 0 Å². The van der Waals surface area contributed by atoms with Gasteiger partial charge in [-0.25, -0.2) is 9.97 Å². The first-order valence-corrected chi connectivity index (χ1v) is 10.2. The second kappa shape index (κ2) is 7.17. The number of pyridine rings is 1. The molecular formula is C21H27N5O. The van der Waals surface area contributed by atoms with Crippen LogP contribution >= 0.6 is 0 Å². The topological polar surface area (TPSA) is 63.2 Å². The number of nitrogens with zero attached hydrogens (tertiary/aromatic N) is 4. The Bertz CT molecular complexity index is 806. The third kappa shape index (κ3) is 3.32. The van der Waals surface area contributed by atoms with Crippen molar-refractivity contribution in [2.45, 2.75) is 63.8 Å². The summed E-state index contributed by atoms with van der Waals surface area (Å²) in [6.07, 6.45) is 9.86. The van der Waals surface area contributed by atoms with Gasteiger partial charge in [0.05, 0.1) is 11.8 Å². The summed E-state index contributed by atoms with van der Waals surface area (Å²) in [7, 11) is 0. The van der Waals surface area contributed by atoms with Crippen LogP contribution in [-0.4, -0.2) is 45.1 Å². The number of rotatable bonds is 5. The molecule has 0 amide bonds. The Hall–Kier alpha value is -2.05. The molecule has 142 valence electrons. The van der Waals surface area contributed by atoms with E-state index in [1.54, 1.807) is 0 Å². The molecule has 0 radical (unpaired) electrons. The minimum Gasteiger partial charge on any atom is -0.376 e. The van der Waals surface area contributed by atoms with Crippen molar-refractivity contribution in [1.82, 2.24) is 19.9 Å². The second-order valence-electron chi connectivity index (χ2n) is 7.98. The van der Waals surface area contributed by atoms with Gasteiger partial charge in [0.2, 0.25) is 0 Å². The van der Waals surface area contributed by atoms with Gasteiger partial charge in [0, 0.05) is 56.2 Å². The SMILES string of the molecule is Cc1nc2c(c(NC[C@H]3CCCO3)n1)[C@@H]1CC[C@@H](C2)N1Cc1cccnc1. The van der Waals surface area contributed by atoms with Crippen molar-refractivity contribution in [3.63, 3.8) is 0 Å². The summed E-state index contributed by atoms with van der Waals surface area (Å²) in [6, 6.07) is 5.16. The molecule has 5 heterocycles. The van der Waals surface area contributed by atoms with Crippen molar-refractivity contribution in [2.24, 2.45) is 0 Å². The van der Waals surface area contributed by atoms with Crippen LogP contribution in [0.15, 0.2) is 24.5 Å². The Kier molecular flexibility index (Phi) is 4.53. The fraction of sp³-hybridized carbons (Fsp3) is 0.571. The van der Waals surface area contributed by atoms with Crippen molar-refractivity contribution in [2.75, 3.05) is 18.5 Å². The first kappa shape index (κ1) is 17.1. The summed E-state index contributed by atoms with van der Waals surface area (Å²) in [5.41, 5.74) is 3.84. The molecule has 0 aliphatic carbocycles. The lowest BCUT2D eigenvalue weighted by Crippen LogP contribution is -2.38. The van der Waals surface area contributed by atoms with Crippen LogP contribution in [0.2, 0.25) is 0 Å². The highest BCUT2D eigenvalue weighted by atomic mass is 16.5. The van der Waals surface area contributed by atoms with Gasteiger partial charge in [-0.05, 0) is 44.2 Å². The van der Waals surface area contributed by atoms with Crippen LogP contribution in [0.5, 0.6) is 0 Å². The van der Waals surface area contributed by atoms with Gasteiger partial charge < -0.3 is 10.1 Å². The predicted octanol–water partition coefficient (Wildman–Crippen LogP) is 3.03. The zero-order valence-corrected chi connectivity index (χ0v) is 15.9. The monoisotopic (exact) mass is 365 g/mol. The fourth-order valence-corrected chi connectivity index (χ4v) is 4.93. The Morgan fingerprint density at radius 3 is 3.04 bits per heavy atom. The second-order valence-corrected chi connectivity index (χ2v) is 7.98. The summed E-state index contributed by atoms with van der Waals surface area (Å²) >= 11 is 0. The molecule has 2 aromatic rings. The van der Waals surface area contributed by atoms with Crippen molar-refractivity contribution in [3.8, 4) is 0 Å². The summed E-state index contributed by atoms with van der Waals surface area (Å²) in [4.78, 5) is 16.5. The van der Waals surface area contributed by atoms with E-state index in [2.05, 4.69) is 21.3 Å². The molecule has 6 nitrogen and oxygen atoms in total. The van der Waals surface area contributed by atoms with Crippen LogP contribution in [0.3, 0.4) is 0 Å². The van der Waals surface area contributed by atoms with E-state index in [4.69, 9.17) is 14.7 Å². The van der Waals surface area contributed by atoms with Crippen molar-refractivity contribution >= 4 is 5.82 Å². The number of ether oxygens (including phenoxy) is 1. The fourth-order valence-electron chi connectivity index (χ4n) is 4.93. The van der Waals surface area contributed by atoms with E-state index in [0.717, 1.165) is 50.6 Å². The average molecular weight is 365 g/mol. The molecule has 27 heavy (non-hydrogen) atoms. The number of aryl methyl sites for hydroxylation is 1. The molecule has 0 saturated carbocycles. The lowest BCUT2D eigenvalue weighted by atomic mass is 9.97. The summed E-state index contributed by atoms with van der Waals surface area (Å²) < 4.78 is 5.79. The summed E-state index contributed by atoms with van der Waals surface area (Å²) in [6.45, 7) is 4.67. The Morgan fingerprint density at radius 1 is 1.26 bits per heavy atom. The quantitative estimate of drug-likeness (QED) is 0.879. The lowest BCUT2D eigenvalue weighted by molar-refractivity contribution is 0.120. The van der Waals surface area contributed by atoms with E-state index in [9.17, 15) is 0 Å². The van der Waals surface area contributed by atoms with Crippen molar-refractivity contribution in [3.05, 3.63) is 47.2 Å². The molecule has 2 saturated heterocycles. The molecule has 3 aliphatic rings. The molecule has 2 fully saturated rings. The maximum absolute atomic E-state index is 5.79. The van der Waals surface area contributed by atoms with Crippen molar-refractivity contribution in [1.29, 1.82) is 0 Å². The zero-order valence-electron chi connectivity index (χ0n) is 15.9. The van der Waals surface area contributed by atoms with Gasteiger partial charge in [-0.1, -0.05) is 6.07 Å². The van der Waals surface area contributed by atoms with Gasteiger partial charge >= 0.3 is 0 Å². The van der Waals surface area contributed by atoms with Gasteiger partial charge in [-0.2, -0.15) is 0 Å². The van der Waals surface area contributed by atoms with E-state index < -0.39 is 0 Å².